The number of morpholine rings is 1. The van der Waals surface area contributed by atoms with E-state index in [0.29, 0.717) is 36.3 Å². The molecule has 26 heavy (non-hydrogen) atoms. The SMILES string of the molecule is C[C@@H]1CN(c2c(C=O)cc3c(-c4nccn4C)noc3c2F)C[C@H](C)O1. The molecule has 1 fully saturated rings. The third-order valence-corrected chi connectivity index (χ3v) is 4.60. The van der Waals surface area contributed by atoms with Crippen LogP contribution in [-0.2, 0) is 11.8 Å². The molecule has 8 heteroatoms. The molecule has 3 aromatic rings. The van der Waals surface area contributed by atoms with Crippen LogP contribution >= 0.6 is 0 Å². The van der Waals surface area contributed by atoms with Gasteiger partial charge in [-0.25, -0.2) is 9.37 Å². The third kappa shape index (κ3) is 2.57. The number of hydrogen-bond donors (Lipinski definition) is 0. The minimum atomic E-state index is -0.584. The molecule has 0 saturated carbocycles. The van der Waals surface area contributed by atoms with Gasteiger partial charge in [-0.2, -0.15) is 0 Å². The number of anilines is 1. The molecule has 0 N–H and O–H groups in total. The van der Waals surface area contributed by atoms with Gasteiger partial charge in [-0.15, -0.1) is 0 Å². The third-order valence-electron chi connectivity index (χ3n) is 4.60. The highest BCUT2D eigenvalue weighted by molar-refractivity contribution is 5.99. The van der Waals surface area contributed by atoms with E-state index in [1.54, 1.807) is 23.0 Å². The van der Waals surface area contributed by atoms with E-state index >= 15 is 4.39 Å². The maximum Gasteiger partial charge on any atom is 0.205 e. The number of ether oxygens (including phenoxy) is 1. The fourth-order valence-electron chi connectivity index (χ4n) is 3.57. The van der Waals surface area contributed by atoms with Crippen LogP contribution in [0.15, 0.2) is 23.0 Å². The Bertz CT molecular complexity index is 970. The van der Waals surface area contributed by atoms with Crippen molar-refractivity contribution in [3.63, 3.8) is 0 Å². The van der Waals surface area contributed by atoms with Gasteiger partial charge in [0.25, 0.3) is 0 Å². The first kappa shape index (κ1) is 16.7. The summed E-state index contributed by atoms with van der Waals surface area (Å²) in [5.74, 6) is -0.0415. The molecule has 136 valence electrons. The van der Waals surface area contributed by atoms with Gasteiger partial charge in [0.05, 0.1) is 23.3 Å². The zero-order chi connectivity index (χ0) is 18.4. The van der Waals surface area contributed by atoms with Crippen molar-refractivity contribution in [1.29, 1.82) is 0 Å². The second-order valence-electron chi connectivity index (χ2n) is 6.68. The quantitative estimate of drug-likeness (QED) is 0.671. The molecule has 0 radical (unpaired) electrons. The van der Waals surface area contributed by atoms with Crippen molar-refractivity contribution < 1.29 is 18.4 Å². The summed E-state index contributed by atoms with van der Waals surface area (Å²) < 4.78 is 28.1. The Hall–Kier alpha value is -2.74. The molecule has 2 aromatic heterocycles. The molecule has 1 aromatic carbocycles. The molecule has 0 unspecified atom stereocenters. The normalized spacial score (nSPS) is 20.7. The summed E-state index contributed by atoms with van der Waals surface area (Å²) in [6.45, 7) is 4.84. The van der Waals surface area contributed by atoms with Gasteiger partial charge in [-0.1, -0.05) is 5.16 Å². The molecule has 2 atom stereocenters. The minimum Gasteiger partial charge on any atom is -0.372 e. The number of rotatable bonds is 3. The van der Waals surface area contributed by atoms with E-state index in [1.165, 1.54) is 0 Å². The lowest BCUT2D eigenvalue weighted by atomic mass is 10.1. The molecule has 7 nitrogen and oxygen atoms in total. The van der Waals surface area contributed by atoms with Crippen LogP contribution < -0.4 is 4.90 Å². The smallest absolute Gasteiger partial charge is 0.205 e. The lowest BCUT2D eigenvalue weighted by molar-refractivity contribution is -0.00543. The number of benzene rings is 1. The zero-order valence-electron chi connectivity index (χ0n) is 14.8. The second kappa shape index (κ2) is 6.21. The predicted molar refractivity (Wildman–Crippen MR) is 93.8 cm³/mol. The van der Waals surface area contributed by atoms with Crippen molar-refractivity contribution in [2.75, 3.05) is 18.0 Å². The van der Waals surface area contributed by atoms with E-state index in [2.05, 4.69) is 10.1 Å². The summed E-state index contributed by atoms with van der Waals surface area (Å²) >= 11 is 0. The Morgan fingerprint density at radius 3 is 2.65 bits per heavy atom. The van der Waals surface area contributed by atoms with Crippen molar-refractivity contribution in [3.8, 4) is 11.5 Å². The molecule has 1 saturated heterocycles. The van der Waals surface area contributed by atoms with Crippen LogP contribution in [0.2, 0.25) is 0 Å². The first-order valence-corrected chi connectivity index (χ1v) is 8.44. The number of aldehydes is 1. The molecule has 0 spiro atoms. The summed E-state index contributed by atoms with van der Waals surface area (Å²) in [5, 5.41) is 4.42. The maximum atomic E-state index is 15.3. The van der Waals surface area contributed by atoms with Gasteiger partial charge in [-0.05, 0) is 19.9 Å². The van der Waals surface area contributed by atoms with Crippen molar-refractivity contribution >= 4 is 22.9 Å². The summed E-state index contributed by atoms with van der Waals surface area (Å²) in [6.07, 6.45) is 3.92. The van der Waals surface area contributed by atoms with Gasteiger partial charge in [0, 0.05) is 38.1 Å². The van der Waals surface area contributed by atoms with E-state index in [4.69, 9.17) is 9.26 Å². The van der Waals surface area contributed by atoms with Crippen molar-refractivity contribution in [2.24, 2.45) is 7.05 Å². The number of hydrogen-bond acceptors (Lipinski definition) is 6. The molecule has 0 amide bonds. The summed E-state index contributed by atoms with van der Waals surface area (Å²) in [5.41, 5.74) is 0.923. The lowest BCUT2D eigenvalue weighted by Gasteiger charge is -2.37. The van der Waals surface area contributed by atoms with Crippen LogP contribution in [0.3, 0.4) is 0 Å². The van der Waals surface area contributed by atoms with Crippen molar-refractivity contribution in [1.82, 2.24) is 14.7 Å². The Labute approximate surface area is 149 Å². The van der Waals surface area contributed by atoms with Crippen LogP contribution in [-0.4, -0.2) is 46.3 Å². The molecule has 4 rings (SSSR count). The minimum absolute atomic E-state index is 0.0235. The van der Waals surface area contributed by atoms with Gasteiger partial charge in [-0.3, -0.25) is 4.79 Å². The number of aromatic nitrogens is 3. The predicted octanol–water partition coefficient (Wildman–Crippen LogP) is 2.79. The largest absolute Gasteiger partial charge is 0.372 e. The van der Waals surface area contributed by atoms with Gasteiger partial charge in [0.15, 0.2) is 23.6 Å². The Kier molecular flexibility index (Phi) is 3.99. The summed E-state index contributed by atoms with van der Waals surface area (Å²) in [4.78, 5) is 17.8. The van der Waals surface area contributed by atoms with Crippen LogP contribution in [0, 0.1) is 5.82 Å². The van der Waals surface area contributed by atoms with Gasteiger partial charge in [0.1, 0.15) is 0 Å². The number of carbonyl (C=O) groups excluding carboxylic acids is 1. The first-order valence-electron chi connectivity index (χ1n) is 8.44. The van der Waals surface area contributed by atoms with Gasteiger partial charge in [0.2, 0.25) is 5.58 Å². The molecular weight excluding hydrogens is 339 g/mol. The Morgan fingerprint density at radius 2 is 2.04 bits per heavy atom. The summed E-state index contributed by atoms with van der Waals surface area (Å²) in [6, 6.07) is 1.62. The number of fused-ring (bicyclic) bond motifs is 1. The molecule has 1 aliphatic rings. The standard InChI is InChI=1S/C18H19FN4O3/c1-10-7-23(8-11(2)25-10)16-12(9-24)6-13-15(18-20-4-5-22(18)3)21-26-17(13)14(16)19/h4-6,9-11H,7-8H2,1-3H3/t10-,11+. The average molecular weight is 358 g/mol. The first-order chi connectivity index (χ1) is 12.5. The lowest BCUT2D eigenvalue weighted by Crippen LogP contribution is -2.46. The zero-order valence-corrected chi connectivity index (χ0v) is 14.8. The molecular formula is C18H19FN4O3. The van der Waals surface area contributed by atoms with E-state index in [-0.39, 0.29) is 29.0 Å². The number of aryl methyl sites for hydroxylation is 1. The molecule has 1 aliphatic heterocycles. The highest BCUT2D eigenvalue weighted by Gasteiger charge is 2.29. The highest BCUT2D eigenvalue weighted by Crippen LogP contribution is 2.36. The fraction of sp³-hybridized carbons (Fsp3) is 0.389. The van der Waals surface area contributed by atoms with Crippen molar-refractivity contribution in [2.45, 2.75) is 26.1 Å². The maximum absolute atomic E-state index is 15.3. The van der Waals surface area contributed by atoms with E-state index in [0.717, 1.165) is 0 Å². The number of nitrogens with zero attached hydrogens (tertiary/aromatic N) is 4. The number of imidazole rings is 1. The van der Waals surface area contributed by atoms with Crippen LogP contribution in [0.5, 0.6) is 0 Å². The number of carbonyl (C=O) groups is 1. The average Bonchev–Trinajstić information content (AvgIpc) is 3.19. The van der Waals surface area contributed by atoms with Gasteiger partial charge >= 0.3 is 0 Å². The molecule has 0 aliphatic carbocycles. The fourth-order valence-corrected chi connectivity index (χ4v) is 3.57. The van der Waals surface area contributed by atoms with Crippen molar-refractivity contribution in [3.05, 3.63) is 29.8 Å². The number of halogens is 1. The Balaban J connectivity index is 1.89. The molecule has 3 heterocycles. The van der Waals surface area contributed by atoms with E-state index in [1.807, 2.05) is 25.8 Å². The van der Waals surface area contributed by atoms with Crippen LogP contribution in [0.4, 0.5) is 10.1 Å². The highest BCUT2D eigenvalue weighted by atomic mass is 19.1. The Morgan fingerprint density at radius 1 is 1.31 bits per heavy atom. The van der Waals surface area contributed by atoms with Gasteiger partial charge < -0.3 is 18.7 Å². The van der Waals surface area contributed by atoms with Crippen LogP contribution in [0.1, 0.15) is 24.2 Å². The second-order valence-corrected chi connectivity index (χ2v) is 6.68. The van der Waals surface area contributed by atoms with E-state index in [9.17, 15) is 4.79 Å². The van der Waals surface area contributed by atoms with Crippen LogP contribution in [0.25, 0.3) is 22.5 Å². The van der Waals surface area contributed by atoms with E-state index < -0.39 is 5.82 Å². The monoisotopic (exact) mass is 358 g/mol. The topological polar surface area (TPSA) is 73.4 Å². The molecule has 0 bridgehead atoms. The summed E-state index contributed by atoms with van der Waals surface area (Å²) in [7, 11) is 1.81.